The molecule has 5 aromatic rings. The van der Waals surface area contributed by atoms with Crippen LogP contribution in [0.2, 0.25) is 0 Å². The molecule has 2 aliphatic heterocycles. The van der Waals surface area contributed by atoms with Gasteiger partial charge in [0.2, 0.25) is 5.91 Å². The van der Waals surface area contributed by atoms with Crippen LogP contribution in [0.4, 0.5) is 13.6 Å². The summed E-state index contributed by atoms with van der Waals surface area (Å²) in [6.45, 7) is 9.07. The highest BCUT2D eigenvalue weighted by molar-refractivity contribution is 8.23. The summed E-state index contributed by atoms with van der Waals surface area (Å²) in [4.78, 5) is 44.3. The second-order valence-corrected chi connectivity index (χ2v) is 18.6. The van der Waals surface area contributed by atoms with Crippen molar-refractivity contribution in [3.63, 3.8) is 0 Å². The molecule has 336 valence electrons. The molecule has 3 aromatic heterocycles. The summed E-state index contributed by atoms with van der Waals surface area (Å²) < 4.78 is 38.7. The Balaban J connectivity index is 0.780. The minimum Gasteiger partial charge on any atom is -0.457 e. The van der Waals surface area contributed by atoms with E-state index < -0.39 is 11.0 Å². The molecule has 8 rings (SSSR count). The lowest BCUT2D eigenvalue weighted by Crippen LogP contribution is -2.48. The largest absolute Gasteiger partial charge is 0.457 e. The zero-order chi connectivity index (χ0) is 44.8. The Hall–Kier alpha value is -5.97. The molecular weight excluding hydrogens is 835 g/mol. The van der Waals surface area contributed by atoms with Gasteiger partial charge in [0.1, 0.15) is 40.3 Å². The van der Waals surface area contributed by atoms with E-state index in [1.54, 1.807) is 24.3 Å². The van der Waals surface area contributed by atoms with Crippen molar-refractivity contribution in [2.45, 2.75) is 58.4 Å². The van der Waals surface area contributed by atoms with Crippen LogP contribution in [-0.4, -0.2) is 103 Å². The van der Waals surface area contributed by atoms with Crippen LogP contribution in [-0.2, 0) is 16.0 Å². The molecule has 5 heterocycles. The van der Waals surface area contributed by atoms with E-state index >= 15 is 0 Å². The molecular formula is C48H56F2N10O3S. The number of nitrogens with one attached hydrogen (secondary N) is 1. The highest BCUT2D eigenvalue weighted by atomic mass is 32.3. The zero-order valence-corrected chi connectivity index (χ0v) is 37.4. The number of aryl methyl sites for hydroxylation is 1. The van der Waals surface area contributed by atoms with Gasteiger partial charge in [-0.05, 0) is 112 Å². The number of carbonyl (C=O) groups excluding carboxylic acids is 2. The Morgan fingerprint density at radius 3 is 2.44 bits per heavy atom. The van der Waals surface area contributed by atoms with Crippen LogP contribution in [0.3, 0.4) is 0 Å². The van der Waals surface area contributed by atoms with Gasteiger partial charge < -0.3 is 15.8 Å². The van der Waals surface area contributed by atoms with Gasteiger partial charge >= 0.3 is 0 Å². The monoisotopic (exact) mass is 890 g/mol. The number of hydrogen-bond donors (Lipinski definition) is 2. The Morgan fingerprint density at radius 2 is 1.70 bits per heavy atom. The molecule has 1 unspecified atom stereocenters. The maximum absolute atomic E-state index is 14.8. The van der Waals surface area contributed by atoms with Crippen molar-refractivity contribution in [3.05, 3.63) is 114 Å². The molecule has 3 aliphatic rings. The summed E-state index contributed by atoms with van der Waals surface area (Å²) in [5.74, 6) is 1.69. The van der Waals surface area contributed by atoms with Gasteiger partial charge in [-0.25, -0.2) is 14.6 Å². The normalized spacial score (nSPS) is 19.6. The third-order valence-corrected chi connectivity index (χ3v) is 13.2. The van der Waals surface area contributed by atoms with Gasteiger partial charge in [-0.1, -0.05) is 30.7 Å². The van der Waals surface area contributed by atoms with Crippen LogP contribution in [0, 0.1) is 5.92 Å². The Morgan fingerprint density at radius 1 is 0.953 bits per heavy atom. The summed E-state index contributed by atoms with van der Waals surface area (Å²) in [5.41, 5.74) is 11.9. The quantitative estimate of drug-likeness (QED) is 0.0930. The van der Waals surface area contributed by atoms with Crippen LogP contribution in [0.1, 0.15) is 63.4 Å². The molecule has 2 atom stereocenters. The lowest BCUT2D eigenvalue weighted by atomic mass is 9.83. The average Bonchev–Trinajstić information content (AvgIpc) is 3.98. The minimum absolute atomic E-state index is 0.0114. The summed E-state index contributed by atoms with van der Waals surface area (Å²) in [5, 5.41) is 8.73. The van der Waals surface area contributed by atoms with Gasteiger partial charge in [0.05, 0.1) is 22.8 Å². The number of nitrogen functional groups attached to an aromatic ring is 1. The van der Waals surface area contributed by atoms with Crippen molar-refractivity contribution in [2.75, 3.05) is 57.8 Å². The lowest BCUT2D eigenvalue weighted by molar-refractivity contribution is -0.121. The fraction of sp³-hybridized carbons (Fsp3) is 0.375. The standard InChI is InChI=1S/C48H56F2N10O3S/c1-33-29-34(2)55-42(33)31-39-17-16-37(60(39)64(3,49)50)18-21-44(62)52-22-24-58-27-25-57(26-28-58)23-8-13-43(61)36-9-7-10-38(30-36)59-48-45(47(51)53-32-54-48)46(56-59)35-14-19-41(20-15-35)63-40-11-5-4-6-12-40/h4-6,8,11-17,19-20,29,31-32,36,38H,7,9-10,18,21-28,30H2,1-3H3,(H,52,62)(H2,51,53,54)/b13-8+,42-31-/t36?,38-/m1/s1. The topological polar surface area (TPSA) is 149 Å². The number of aliphatic imine (C=N–C) groups is 1. The molecule has 13 nitrogen and oxygen atoms in total. The number of anilines is 1. The number of amides is 1. The number of aromatic nitrogens is 5. The van der Waals surface area contributed by atoms with E-state index in [4.69, 9.17) is 15.6 Å². The SMILES string of the molecule is CC1=CC(C)=N/C1=C\c1ccc(CCC(=O)NCCN2CCN(C/C=C/C(=O)C3CCC[C@@H](n4nc(-c5ccc(Oc6ccccc6)cc5)c5c(N)ncnc54)C3)CC2)n1S(C)(F)F. The number of ether oxygens (including phenoxy) is 1. The summed E-state index contributed by atoms with van der Waals surface area (Å²) in [7, 11) is -4.10. The first-order valence-corrected chi connectivity index (χ1v) is 23.8. The first-order chi connectivity index (χ1) is 30.9. The maximum atomic E-state index is 14.8. The van der Waals surface area contributed by atoms with Crippen LogP contribution >= 0.6 is 11.0 Å². The number of piperazine rings is 1. The van der Waals surface area contributed by atoms with Crippen LogP contribution in [0.5, 0.6) is 11.5 Å². The molecule has 0 radical (unpaired) electrons. The molecule has 2 fully saturated rings. The predicted molar refractivity (Wildman–Crippen MR) is 251 cm³/mol. The van der Waals surface area contributed by atoms with Gasteiger partial charge in [-0.2, -0.15) is 5.10 Å². The summed E-state index contributed by atoms with van der Waals surface area (Å²) >= 11 is 0. The molecule has 0 spiro atoms. The molecule has 2 aromatic carbocycles. The van der Waals surface area contributed by atoms with Gasteiger partial charge in [0.25, 0.3) is 0 Å². The van der Waals surface area contributed by atoms with Gasteiger partial charge in [0, 0.05) is 81.4 Å². The predicted octanol–water partition coefficient (Wildman–Crippen LogP) is 8.62. The van der Waals surface area contributed by atoms with E-state index in [0.29, 0.717) is 71.4 Å². The minimum atomic E-state index is -4.10. The molecule has 1 aliphatic carbocycles. The molecule has 64 heavy (non-hydrogen) atoms. The molecule has 1 saturated carbocycles. The smallest absolute Gasteiger partial charge is 0.220 e. The maximum Gasteiger partial charge on any atom is 0.220 e. The second-order valence-electron chi connectivity index (χ2n) is 16.8. The first kappa shape index (κ1) is 44.6. The highest BCUT2D eigenvalue weighted by Gasteiger charge is 2.31. The van der Waals surface area contributed by atoms with Crippen molar-refractivity contribution in [1.82, 2.24) is 38.8 Å². The number of nitrogens with two attached hydrogens (primary N) is 1. The third kappa shape index (κ3) is 10.7. The molecule has 3 N–H and O–H groups in total. The zero-order valence-electron chi connectivity index (χ0n) is 36.6. The van der Waals surface area contributed by atoms with Crippen molar-refractivity contribution in [3.8, 4) is 22.8 Å². The number of nitrogens with zero attached hydrogens (tertiary/aromatic N) is 8. The van der Waals surface area contributed by atoms with Gasteiger partial charge in [-0.15, -0.1) is 7.77 Å². The molecule has 0 bridgehead atoms. The fourth-order valence-electron chi connectivity index (χ4n) is 8.88. The highest BCUT2D eigenvalue weighted by Crippen LogP contribution is 2.51. The van der Waals surface area contributed by atoms with E-state index in [1.165, 1.54) is 6.33 Å². The van der Waals surface area contributed by atoms with Crippen LogP contribution < -0.4 is 15.8 Å². The van der Waals surface area contributed by atoms with E-state index in [2.05, 4.69) is 30.1 Å². The number of ketones is 1. The number of fused-ring (bicyclic) bond motifs is 1. The van der Waals surface area contributed by atoms with Gasteiger partial charge in [-0.3, -0.25) is 28.4 Å². The van der Waals surface area contributed by atoms with E-state index in [9.17, 15) is 17.4 Å². The number of benzene rings is 2. The van der Waals surface area contributed by atoms with Crippen molar-refractivity contribution >= 4 is 51.3 Å². The molecule has 16 heteroatoms. The van der Waals surface area contributed by atoms with E-state index in [-0.39, 0.29) is 36.5 Å². The number of allylic oxidation sites excluding steroid dienone is 3. The number of halogens is 2. The van der Waals surface area contributed by atoms with Crippen LogP contribution in [0.15, 0.2) is 108 Å². The summed E-state index contributed by atoms with van der Waals surface area (Å²) in [6.07, 6.45) is 13.4. The van der Waals surface area contributed by atoms with E-state index in [1.807, 2.05) is 85.3 Å². The van der Waals surface area contributed by atoms with Crippen molar-refractivity contribution in [1.29, 1.82) is 0 Å². The summed E-state index contributed by atoms with van der Waals surface area (Å²) in [6, 6.07) is 20.7. The van der Waals surface area contributed by atoms with Gasteiger partial charge in [0.15, 0.2) is 11.4 Å². The lowest BCUT2D eigenvalue weighted by Gasteiger charge is -2.34. The number of hydrogen-bond acceptors (Lipinski definition) is 10. The number of para-hydroxylation sites is 1. The van der Waals surface area contributed by atoms with Crippen LogP contribution in [0.25, 0.3) is 28.4 Å². The Labute approximate surface area is 374 Å². The third-order valence-electron chi connectivity index (χ3n) is 12.2. The second kappa shape index (κ2) is 19.8. The Kier molecular flexibility index (Phi) is 13.8. The number of carbonyl (C=O) groups is 2. The van der Waals surface area contributed by atoms with Crippen molar-refractivity contribution < 1.29 is 22.1 Å². The fourth-order valence-corrected chi connectivity index (χ4v) is 9.93. The van der Waals surface area contributed by atoms with Crippen molar-refractivity contribution in [2.24, 2.45) is 10.9 Å². The molecule has 1 amide bonds. The molecule has 1 saturated heterocycles. The number of rotatable bonds is 16. The van der Waals surface area contributed by atoms with E-state index in [0.717, 1.165) is 78.3 Å². The average molecular weight is 891 g/mol. The Bertz CT molecular complexity index is 2590. The first-order valence-electron chi connectivity index (χ1n) is 22.0.